The van der Waals surface area contributed by atoms with Gasteiger partial charge in [-0.1, -0.05) is 6.07 Å². The fourth-order valence-electron chi connectivity index (χ4n) is 5.02. The van der Waals surface area contributed by atoms with Gasteiger partial charge in [0.15, 0.2) is 0 Å². The van der Waals surface area contributed by atoms with Gasteiger partial charge in [-0.3, -0.25) is 14.6 Å². The number of fused-ring (bicyclic) bond motifs is 1. The van der Waals surface area contributed by atoms with E-state index in [-0.39, 0.29) is 11.4 Å². The number of hydrogen-bond acceptors (Lipinski definition) is 4. The van der Waals surface area contributed by atoms with Crippen LogP contribution >= 0.6 is 0 Å². The number of ether oxygens (including phenoxy) is 1. The lowest BCUT2D eigenvalue weighted by Gasteiger charge is -2.49. The fraction of sp³-hybridized carbons (Fsp3) is 0.667. The van der Waals surface area contributed by atoms with Crippen LogP contribution in [0.25, 0.3) is 0 Å². The van der Waals surface area contributed by atoms with Crippen LogP contribution in [0.3, 0.4) is 0 Å². The molecule has 1 atom stereocenters. The highest BCUT2D eigenvalue weighted by Gasteiger charge is 2.40. The number of carbonyl (C=O) groups is 1. The second-order valence-electron chi connectivity index (χ2n) is 8.24. The SMILES string of the molecule is COc1cc2c(cc1CN1CCN(C)C3(CCNC(=O)CC3)C1)CCC2. The van der Waals surface area contributed by atoms with E-state index in [1.807, 2.05) is 0 Å². The number of benzene rings is 1. The van der Waals surface area contributed by atoms with Crippen LogP contribution in [0.4, 0.5) is 0 Å². The zero-order chi connectivity index (χ0) is 18.1. The van der Waals surface area contributed by atoms with Crippen molar-refractivity contribution < 1.29 is 9.53 Å². The Morgan fingerprint density at radius 3 is 2.77 bits per heavy atom. The summed E-state index contributed by atoms with van der Waals surface area (Å²) in [6, 6.07) is 4.64. The molecule has 2 heterocycles. The lowest BCUT2D eigenvalue weighted by atomic mass is 9.86. The van der Waals surface area contributed by atoms with Crippen LogP contribution in [0.2, 0.25) is 0 Å². The van der Waals surface area contributed by atoms with Crippen LogP contribution in [0, 0.1) is 0 Å². The Balaban J connectivity index is 1.53. The van der Waals surface area contributed by atoms with Crippen molar-refractivity contribution in [2.24, 2.45) is 0 Å². The highest BCUT2D eigenvalue weighted by Crippen LogP contribution is 2.34. The molecule has 0 aromatic heterocycles. The summed E-state index contributed by atoms with van der Waals surface area (Å²) in [4.78, 5) is 16.9. The topological polar surface area (TPSA) is 44.8 Å². The molecule has 26 heavy (non-hydrogen) atoms. The summed E-state index contributed by atoms with van der Waals surface area (Å²) < 4.78 is 5.71. The number of hydrogen-bond donors (Lipinski definition) is 1. The Morgan fingerprint density at radius 2 is 1.96 bits per heavy atom. The van der Waals surface area contributed by atoms with Gasteiger partial charge in [0.25, 0.3) is 0 Å². The van der Waals surface area contributed by atoms with Gasteiger partial charge in [0.05, 0.1) is 7.11 Å². The normalized spacial score (nSPS) is 27.2. The maximum absolute atomic E-state index is 11.8. The van der Waals surface area contributed by atoms with Crippen molar-refractivity contribution in [3.8, 4) is 5.75 Å². The number of nitrogens with one attached hydrogen (secondary N) is 1. The van der Waals surface area contributed by atoms with Gasteiger partial charge in [0, 0.05) is 50.2 Å². The van der Waals surface area contributed by atoms with E-state index in [2.05, 4.69) is 34.3 Å². The first-order valence-corrected chi connectivity index (χ1v) is 9.99. The monoisotopic (exact) mass is 357 g/mol. The molecule has 0 saturated carbocycles. The molecular weight excluding hydrogens is 326 g/mol. The van der Waals surface area contributed by atoms with E-state index >= 15 is 0 Å². The zero-order valence-electron chi connectivity index (χ0n) is 16.1. The van der Waals surface area contributed by atoms with Crippen molar-refractivity contribution in [3.63, 3.8) is 0 Å². The highest BCUT2D eigenvalue weighted by atomic mass is 16.5. The summed E-state index contributed by atoms with van der Waals surface area (Å²) in [5.74, 6) is 1.24. The van der Waals surface area contributed by atoms with Gasteiger partial charge >= 0.3 is 0 Å². The van der Waals surface area contributed by atoms with E-state index in [4.69, 9.17) is 4.74 Å². The van der Waals surface area contributed by atoms with Gasteiger partial charge in [0.1, 0.15) is 5.75 Å². The Labute approximate surface area is 156 Å². The van der Waals surface area contributed by atoms with Gasteiger partial charge < -0.3 is 10.1 Å². The zero-order valence-corrected chi connectivity index (χ0v) is 16.1. The first-order valence-electron chi connectivity index (χ1n) is 9.99. The van der Waals surface area contributed by atoms with Crippen LogP contribution in [0.15, 0.2) is 12.1 Å². The minimum Gasteiger partial charge on any atom is -0.496 e. The van der Waals surface area contributed by atoms with Crippen molar-refractivity contribution in [3.05, 3.63) is 28.8 Å². The lowest BCUT2D eigenvalue weighted by molar-refractivity contribution is -0.121. The average molecular weight is 357 g/mol. The molecule has 0 radical (unpaired) electrons. The van der Waals surface area contributed by atoms with Crippen LogP contribution in [0.1, 0.15) is 42.4 Å². The van der Waals surface area contributed by atoms with Gasteiger partial charge in [-0.05, 0) is 56.3 Å². The molecule has 1 aliphatic carbocycles. The van der Waals surface area contributed by atoms with E-state index in [9.17, 15) is 4.79 Å². The summed E-state index contributed by atoms with van der Waals surface area (Å²) in [5, 5.41) is 3.04. The first-order chi connectivity index (χ1) is 12.6. The van der Waals surface area contributed by atoms with Crippen molar-refractivity contribution in [2.45, 2.75) is 50.6 Å². The molecule has 1 N–H and O–H groups in total. The largest absolute Gasteiger partial charge is 0.496 e. The third-order valence-electron chi connectivity index (χ3n) is 6.70. The molecule has 2 aliphatic heterocycles. The molecule has 3 aliphatic rings. The third-order valence-corrected chi connectivity index (χ3v) is 6.70. The van der Waals surface area contributed by atoms with Gasteiger partial charge in [0.2, 0.25) is 5.91 Å². The highest BCUT2D eigenvalue weighted by molar-refractivity contribution is 5.76. The number of piperazine rings is 1. The van der Waals surface area contributed by atoms with Crippen LogP contribution < -0.4 is 10.1 Å². The first kappa shape index (κ1) is 17.8. The molecule has 0 bridgehead atoms. The predicted octanol–water partition coefficient (Wildman–Crippen LogP) is 1.97. The van der Waals surface area contributed by atoms with Crippen LogP contribution in [-0.2, 0) is 24.2 Å². The molecule has 1 aromatic rings. The second-order valence-corrected chi connectivity index (χ2v) is 8.24. The maximum atomic E-state index is 11.8. The quantitative estimate of drug-likeness (QED) is 0.898. The molecule has 1 aromatic carbocycles. The average Bonchev–Trinajstić information content (AvgIpc) is 3.01. The molecule has 4 rings (SSSR count). The summed E-state index contributed by atoms with van der Waals surface area (Å²) >= 11 is 0. The Hall–Kier alpha value is -1.59. The Bertz CT molecular complexity index is 690. The predicted molar refractivity (Wildman–Crippen MR) is 103 cm³/mol. The van der Waals surface area contributed by atoms with E-state index in [0.29, 0.717) is 6.42 Å². The lowest BCUT2D eigenvalue weighted by Crippen LogP contribution is -2.60. The van der Waals surface area contributed by atoms with Gasteiger partial charge in [-0.15, -0.1) is 0 Å². The Morgan fingerprint density at radius 1 is 1.15 bits per heavy atom. The second kappa shape index (κ2) is 7.20. The third kappa shape index (κ3) is 3.35. The summed E-state index contributed by atoms with van der Waals surface area (Å²) in [7, 11) is 4.01. The number of methoxy groups -OCH3 is 1. The standard InChI is InChI=1S/C21H31N3O2/c1-23-10-11-24(15-21(23)7-6-20(25)22-9-8-21)14-18-12-16-4-3-5-17(16)13-19(18)26-2/h12-13H,3-11,14-15H2,1-2H3,(H,22,25). The number of rotatable bonds is 3. The van der Waals surface area contributed by atoms with Gasteiger partial charge in [-0.25, -0.2) is 0 Å². The molecule has 5 heteroatoms. The van der Waals surface area contributed by atoms with Crippen molar-refractivity contribution in [1.29, 1.82) is 0 Å². The fourth-order valence-corrected chi connectivity index (χ4v) is 5.02. The molecule has 1 spiro atoms. The number of carbonyl (C=O) groups excluding carboxylic acids is 1. The van der Waals surface area contributed by atoms with Crippen molar-refractivity contribution in [1.82, 2.24) is 15.1 Å². The van der Waals surface area contributed by atoms with E-state index in [1.54, 1.807) is 7.11 Å². The molecule has 5 nitrogen and oxygen atoms in total. The van der Waals surface area contributed by atoms with E-state index in [0.717, 1.165) is 51.3 Å². The molecule has 1 amide bonds. The minimum absolute atomic E-state index is 0.112. The van der Waals surface area contributed by atoms with E-state index in [1.165, 1.54) is 36.0 Å². The molecule has 142 valence electrons. The smallest absolute Gasteiger partial charge is 0.220 e. The van der Waals surface area contributed by atoms with Gasteiger partial charge in [-0.2, -0.15) is 0 Å². The van der Waals surface area contributed by atoms with Crippen LogP contribution in [0.5, 0.6) is 5.75 Å². The minimum atomic E-state index is 0.112. The molecule has 1 unspecified atom stereocenters. The molecule has 2 fully saturated rings. The van der Waals surface area contributed by atoms with Crippen molar-refractivity contribution in [2.75, 3.05) is 40.3 Å². The van der Waals surface area contributed by atoms with Crippen LogP contribution in [-0.4, -0.2) is 61.6 Å². The maximum Gasteiger partial charge on any atom is 0.220 e. The molecular formula is C21H31N3O2. The number of amides is 1. The van der Waals surface area contributed by atoms with Crippen molar-refractivity contribution >= 4 is 5.91 Å². The summed E-state index contributed by atoms with van der Waals surface area (Å²) in [6.45, 7) is 4.88. The Kier molecular flexibility index (Phi) is 4.93. The number of likely N-dealkylation sites (N-methyl/N-ethyl adjacent to an activating group) is 1. The van der Waals surface area contributed by atoms with E-state index < -0.39 is 0 Å². The number of aryl methyl sites for hydroxylation is 2. The summed E-state index contributed by atoms with van der Waals surface area (Å²) in [6.07, 6.45) is 6.28. The molecule has 2 saturated heterocycles. The summed E-state index contributed by atoms with van der Waals surface area (Å²) in [5.41, 5.74) is 4.40. The number of nitrogens with zero attached hydrogens (tertiary/aromatic N) is 2.